The molecule has 1 aliphatic heterocycles. The average Bonchev–Trinajstić information content (AvgIpc) is 2.46. The minimum Gasteiger partial charge on any atom is -0.313 e. The lowest BCUT2D eigenvalue weighted by atomic mass is 9.94. The molecule has 5 nitrogen and oxygen atoms in total. The zero-order valence-corrected chi connectivity index (χ0v) is 13.0. The Labute approximate surface area is 120 Å². The number of para-hydroxylation sites is 2. The van der Waals surface area contributed by atoms with Crippen molar-refractivity contribution in [2.75, 3.05) is 29.1 Å². The van der Waals surface area contributed by atoms with Crippen molar-refractivity contribution in [2.24, 2.45) is 11.8 Å². The summed E-state index contributed by atoms with van der Waals surface area (Å²) in [6, 6.07) is 7.10. The monoisotopic (exact) mass is 296 g/mol. The summed E-state index contributed by atoms with van der Waals surface area (Å²) in [5.74, 6) is -0.316. The molecule has 20 heavy (non-hydrogen) atoms. The van der Waals surface area contributed by atoms with Gasteiger partial charge in [0.25, 0.3) is 0 Å². The molecule has 1 heterocycles. The standard InChI is InChI=1S/C14H20N2O3S/c1-10(2)11-9-16(20(4,18)19)13-8-6-5-7-12(13)15(3)14(11)17/h5-8,10-11H,9H2,1-4H3/t11-/m1/s1. The second-order valence-electron chi connectivity index (χ2n) is 5.53. The predicted octanol–water partition coefficient (Wildman–Crippen LogP) is 1.70. The molecule has 1 aliphatic rings. The number of hydrogen-bond acceptors (Lipinski definition) is 3. The number of benzene rings is 1. The molecular formula is C14H20N2O3S. The van der Waals surface area contributed by atoms with Crippen molar-refractivity contribution in [2.45, 2.75) is 13.8 Å². The molecule has 1 atom stereocenters. The zero-order chi connectivity index (χ0) is 15.1. The van der Waals surface area contributed by atoms with E-state index >= 15 is 0 Å². The van der Waals surface area contributed by atoms with Crippen molar-refractivity contribution in [3.8, 4) is 0 Å². The molecule has 0 unspecified atom stereocenters. The first-order valence-electron chi connectivity index (χ1n) is 6.57. The number of carbonyl (C=O) groups excluding carboxylic acids is 1. The van der Waals surface area contributed by atoms with Crippen LogP contribution in [0.25, 0.3) is 0 Å². The van der Waals surface area contributed by atoms with Gasteiger partial charge in [0.1, 0.15) is 0 Å². The van der Waals surface area contributed by atoms with E-state index in [2.05, 4.69) is 0 Å². The first-order valence-corrected chi connectivity index (χ1v) is 8.42. The Morgan fingerprint density at radius 3 is 2.25 bits per heavy atom. The highest BCUT2D eigenvalue weighted by Crippen LogP contribution is 2.36. The van der Waals surface area contributed by atoms with E-state index in [0.717, 1.165) is 0 Å². The number of nitrogens with zero attached hydrogens (tertiary/aromatic N) is 2. The van der Waals surface area contributed by atoms with E-state index in [1.165, 1.54) is 10.6 Å². The average molecular weight is 296 g/mol. The highest BCUT2D eigenvalue weighted by atomic mass is 32.2. The summed E-state index contributed by atoms with van der Waals surface area (Å²) in [6.45, 7) is 4.07. The van der Waals surface area contributed by atoms with Crippen LogP contribution >= 0.6 is 0 Å². The van der Waals surface area contributed by atoms with E-state index in [1.807, 2.05) is 13.8 Å². The van der Waals surface area contributed by atoms with E-state index in [-0.39, 0.29) is 24.3 Å². The summed E-state index contributed by atoms with van der Waals surface area (Å²) in [6.07, 6.45) is 1.18. The van der Waals surface area contributed by atoms with E-state index in [4.69, 9.17) is 0 Å². The normalized spacial score (nSPS) is 20.1. The third-order valence-corrected chi connectivity index (χ3v) is 4.87. The Kier molecular flexibility index (Phi) is 3.77. The molecule has 0 radical (unpaired) electrons. The molecule has 1 aromatic carbocycles. The quantitative estimate of drug-likeness (QED) is 0.834. The first-order chi connectivity index (χ1) is 9.23. The molecule has 1 amide bonds. The Balaban J connectivity index is 2.64. The van der Waals surface area contributed by atoms with Crippen LogP contribution in [0.2, 0.25) is 0 Å². The van der Waals surface area contributed by atoms with Gasteiger partial charge in [0, 0.05) is 13.6 Å². The summed E-state index contributed by atoms with van der Waals surface area (Å²) < 4.78 is 25.5. The van der Waals surface area contributed by atoms with E-state index in [9.17, 15) is 13.2 Å². The van der Waals surface area contributed by atoms with Crippen LogP contribution < -0.4 is 9.21 Å². The maximum Gasteiger partial charge on any atom is 0.232 e. The second-order valence-corrected chi connectivity index (χ2v) is 7.44. The number of amides is 1. The minimum atomic E-state index is -3.42. The Hall–Kier alpha value is -1.56. The Morgan fingerprint density at radius 2 is 1.75 bits per heavy atom. The second kappa shape index (κ2) is 5.09. The molecule has 0 N–H and O–H groups in total. The van der Waals surface area contributed by atoms with Crippen molar-refractivity contribution in [3.05, 3.63) is 24.3 Å². The fourth-order valence-electron chi connectivity index (χ4n) is 2.49. The molecule has 0 aromatic heterocycles. The number of rotatable bonds is 2. The highest BCUT2D eigenvalue weighted by molar-refractivity contribution is 7.92. The lowest BCUT2D eigenvalue weighted by Crippen LogP contribution is -2.40. The minimum absolute atomic E-state index is 0.0430. The van der Waals surface area contributed by atoms with Crippen LogP contribution in [0.1, 0.15) is 13.8 Å². The molecular weight excluding hydrogens is 276 g/mol. The van der Waals surface area contributed by atoms with Crippen LogP contribution in [0.5, 0.6) is 0 Å². The largest absolute Gasteiger partial charge is 0.313 e. The smallest absolute Gasteiger partial charge is 0.232 e. The predicted molar refractivity (Wildman–Crippen MR) is 80.4 cm³/mol. The fourth-order valence-corrected chi connectivity index (χ4v) is 3.43. The fraction of sp³-hybridized carbons (Fsp3) is 0.500. The van der Waals surface area contributed by atoms with Gasteiger partial charge in [0.2, 0.25) is 15.9 Å². The number of carbonyl (C=O) groups is 1. The van der Waals surface area contributed by atoms with Crippen LogP contribution in [0.15, 0.2) is 24.3 Å². The number of sulfonamides is 1. The lowest BCUT2D eigenvalue weighted by molar-refractivity contribution is -0.122. The maximum absolute atomic E-state index is 12.5. The molecule has 6 heteroatoms. The van der Waals surface area contributed by atoms with E-state index in [1.54, 1.807) is 36.2 Å². The van der Waals surface area contributed by atoms with Crippen molar-refractivity contribution in [1.82, 2.24) is 0 Å². The van der Waals surface area contributed by atoms with E-state index in [0.29, 0.717) is 11.4 Å². The third kappa shape index (κ3) is 2.52. The van der Waals surface area contributed by atoms with Crippen molar-refractivity contribution in [3.63, 3.8) is 0 Å². The molecule has 0 bridgehead atoms. The van der Waals surface area contributed by atoms with Crippen LogP contribution in [-0.2, 0) is 14.8 Å². The van der Waals surface area contributed by atoms with Gasteiger partial charge in [0.05, 0.1) is 23.5 Å². The van der Waals surface area contributed by atoms with Crippen molar-refractivity contribution >= 4 is 27.3 Å². The van der Waals surface area contributed by atoms with Gasteiger partial charge in [-0.1, -0.05) is 26.0 Å². The molecule has 0 saturated carbocycles. The lowest BCUT2D eigenvalue weighted by Gasteiger charge is -2.25. The van der Waals surface area contributed by atoms with Crippen molar-refractivity contribution < 1.29 is 13.2 Å². The van der Waals surface area contributed by atoms with E-state index < -0.39 is 10.0 Å². The van der Waals surface area contributed by atoms with Crippen LogP contribution in [-0.4, -0.2) is 34.2 Å². The maximum atomic E-state index is 12.5. The Morgan fingerprint density at radius 1 is 1.20 bits per heavy atom. The summed E-state index contributed by atoms with van der Waals surface area (Å²) in [4.78, 5) is 14.1. The molecule has 2 rings (SSSR count). The summed E-state index contributed by atoms with van der Waals surface area (Å²) in [5, 5.41) is 0. The number of hydrogen-bond donors (Lipinski definition) is 0. The molecule has 0 spiro atoms. The molecule has 110 valence electrons. The van der Waals surface area contributed by atoms with Gasteiger partial charge in [0.15, 0.2) is 0 Å². The van der Waals surface area contributed by atoms with Gasteiger partial charge in [-0.2, -0.15) is 0 Å². The summed E-state index contributed by atoms with van der Waals surface area (Å²) >= 11 is 0. The van der Waals surface area contributed by atoms with Gasteiger partial charge in [-0.15, -0.1) is 0 Å². The molecule has 1 aromatic rings. The van der Waals surface area contributed by atoms with Gasteiger partial charge in [-0.05, 0) is 18.1 Å². The van der Waals surface area contributed by atoms with Gasteiger partial charge in [-0.3, -0.25) is 9.10 Å². The summed E-state index contributed by atoms with van der Waals surface area (Å²) in [5.41, 5.74) is 1.19. The van der Waals surface area contributed by atoms with Crippen LogP contribution in [0.4, 0.5) is 11.4 Å². The van der Waals surface area contributed by atoms with Gasteiger partial charge in [-0.25, -0.2) is 8.42 Å². The Bertz CT molecular complexity index is 625. The molecule has 0 aliphatic carbocycles. The van der Waals surface area contributed by atoms with Crippen LogP contribution in [0, 0.1) is 11.8 Å². The topological polar surface area (TPSA) is 57.7 Å². The number of anilines is 2. The molecule has 0 fully saturated rings. The number of fused-ring (bicyclic) bond motifs is 1. The SMILES string of the molecule is CC(C)[C@H]1CN(S(C)(=O)=O)c2ccccc2N(C)C1=O. The van der Waals surface area contributed by atoms with Gasteiger partial charge < -0.3 is 4.90 Å². The first kappa shape index (κ1) is 14.8. The summed E-state index contributed by atoms with van der Waals surface area (Å²) in [7, 11) is -1.72. The molecule has 0 saturated heterocycles. The highest BCUT2D eigenvalue weighted by Gasteiger charge is 2.36. The van der Waals surface area contributed by atoms with Gasteiger partial charge >= 0.3 is 0 Å². The third-order valence-electron chi connectivity index (χ3n) is 3.73. The van der Waals surface area contributed by atoms with Crippen molar-refractivity contribution in [1.29, 1.82) is 0 Å². The zero-order valence-electron chi connectivity index (χ0n) is 12.2. The van der Waals surface area contributed by atoms with Crippen LogP contribution in [0.3, 0.4) is 0 Å².